The minimum atomic E-state index is -1.13. The van der Waals surface area contributed by atoms with Crippen molar-refractivity contribution in [1.82, 2.24) is 0 Å². The molecular formula is C38H66O13Ti3. The second-order valence-corrected chi connectivity index (χ2v) is 11.7. The Hall–Kier alpha value is -0.837. The normalized spacial score (nSPS) is 8.30. The molecule has 0 spiro atoms. The van der Waals surface area contributed by atoms with Gasteiger partial charge < -0.3 is 66.1 Å². The first kappa shape index (κ1) is 85.4. The van der Waals surface area contributed by atoms with Crippen molar-refractivity contribution in [2.24, 2.45) is 0 Å². The van der Waals surface area contributed by atoms with Crippen LogP contribution in [-0.4, -0.2) is 60.8 Å². The average molecular weight is 875 g/mol. The summed E-state index contributed by atoms with van der Waals surface area (Å²) in [6, 6.07) is 16.1. The van der Waals surface area contributed by atoms with Crippen molar-refractivity contribution < 1.29 is 131 Å². The molecule has 2 aromatic carbocycles. The van der Waals surface area contributed by atoms with Gasteiger partial charge in [-0.1, -0.05) is 171 Å². The SMILES string of the molecule is CC(C)[O-].CC(C)[O-].CC(C)[O-].CC(C)[O-].CC(C)[O-].CC(C)[O-].CC(C)[O-].CC(C)[O-].O=C([O-])c1ccccc1.O=C([O-])c1ccccc1.[O-2].[Ti+4].[Ti+4].[Ti+4]. The molecule has 308 valence electrons. The van der Waals surface area contributed by atoms with Crippen LogP contribution in [0.3, 0.4) is 0 Å². The third kappa shape index (κ3) is 240. The smallest absolute Gasteiger partial charge is 2.00 e. The number of aromatic carboxylic acids is 2. The standard InChI is InChI=1S/2C7H6O2.8C3H7O.O.3Ti/c2*8-7(9)6-4-2-1-3-5-6;8*1-3(2)4;;;;/h2*1-5H,(H,8,9);8*3H,1-2H3;;;;/q;;8*-1;-2;3*+4/p-2. The van der Waals surface area contributed by atoms with Gasteiger partial charge in [-0.2, -0.15) is 0 Å². The predicted octanol–water partition coefficient (Wildman–Crippen LogP) is -1.99. The molecule has 2 aromatic rings. The van der Waals surface area contributed by atoms with Gasteiger partial charge in [0.15, 0.2) is 0 Å². The molecule has 54 heavy (non-hydrogen) atoms. The Morgan fingerprint density at radius 3 is 0.481 bits per heavy atom. The molecule has 0 aromatic heterocycles. The first-order chi connectivity index (χ1) is 22.5. The molecule has 0 heterocycles. The summed E-state index contributed by atoms with van der Waals surface area (Å²) in [5.41, 5.74) is 0.440. The zero-order valence-electron chi connectivity index (χ0n) is 35.2. The summed E-state index contributed by atoms with van der Waals surface area (Å²) in [6.45, 7) is 25.8. The Balaban J connectivity index is -0.0000000370. The Bertz CT molecular complexity index is 745. The maximum atomic E-state index is 10.1. The number of rotatable bonds is 2. The van der Waals surface area contributed by atoms with E-state index in [-0.39, 0.29) is 81.8 Å². The van der Waals surface area contributed by atoms with Gasteiger partial charge in [-0.3, -0.25) is 0 Å². The zero-order valence-corrected chi connectivity index (χ0v) is 39.9. The van der Waals surface area contributed by atoms with Crippen LogP contribution < -0.4 is 51.1 Å². The largest absolute Gasteiger partial charge is 4.00 e. The Morgan fingerprint density at radius 1 is 0.333 bits per heavy atom. The molecule has 0 radical (unpaired) electrons. The maximum absolute atomic E-state index is 10.1. The van der Waals surface area contributed by atoms with Crippen LogP contribution in [-0.2, 0) is 70.6 Å². The van der Waals surface area contributed by atoms with Crippen LogP contribution in [0.2, 0.25) is 0 Å². The summed E-state index contributed by atoms with van der Waals surface area (Å²) in [6.07, 6.45) is -3.33. The minimum Gasteiger partial charge on any atom is -2.00 e. The number of hydrogen-bond donors (Lipinski definition) is 0. The minimum absolute atomic E-state index is 0. The van der Waals surface area contributed by atoms with E-state index in [9.17, 15) is 60.7 Å². The first-order valence-corrected chi connectivity index (χ1v) is 16.3. The van der Waals surface area contributed by atoms with E-state index < -0.39 is 60.8 Å². The fourth-order valence-corrected chi connectivity index (χ4v) is 1.15. The second kappa shape index (κ2) is 66.9. The second-order valence-electron chi connectivity index (χ2n) is 11.7. The van der Waals surface area contributed by atoms with Crippen molar-refractivity contribution in [1.29, 1.82) is 0 Å². The third-order valence-electron chi connectivity index (χ3n) is 2.02. The number of benzene rings is 2. The van der Waals surface area contributed by atoms with Crippen LogP contribution in [0.1, 0.15) is 131 Å². The molecule has 0 N–H and O–H groups in total. The maximum Gasteiger partial charge on any atom is 4.00 e. The fourth-order valence-electron chi connectivity index (χ4n) is 1.15. The molecule has 0 fully saturated rings. The summed E-state index contributed by atoms with van der Waals surface area (Å²) in [7, 11) is 0. The van der Waals surface area contributed by atoms with Gasteiger partial charge in [-0.25, -0.2) is 0 Å². The van der Waals surface area contributed by atoms with Crippen LogP contribution in [0, 0.1) is 0 Å². The van der Waals surface area contributed by atoms with Crippen molar-refractivity contribution in [3.63, 3.8) is 0 Å². The molecule has 13 nitrogen and oxygen atoms in total. The van der Waals surface area contributed by atoms with Crippen LogP contribution in [0.4, 0.5) is 0 Å². The van der Waals surface area contributed by atoms with Gasteiger partial charge in [0.05, 0.1) is 11.9 Å². The van der Waals surface area contributed by atoms with E-state index in [0.717, 1.165) is 0 Å². The van der Waals surface area contributed by atoms with E-state index in [1.54, 1.807) is 147 Å². The van der Waals surface area contributed by atoms with Crippen molar-refractivity contribution in [3.05, 3.63) is 71.8 Å². The van der Waals surface area contributed by atoms with Crippen molar-refractivity contribution in [3.8, 4) is 0 Å². The molecule has 2 rings (SSSR count). The summed E-state index contributed by atoms with van der Waals surface area (Å²) >= 11 is 0. The van der Waals surface area contributed by atoms with Crippen LogP contribution in [0.5, 0.6) is 0 Å². The number of carbonyl (C=O) groups is 2. The third-order valence-corrected chi connectivity index (χ3v) is 2.02. The zero-order chi connectivity index (χ0) is 42.0. The van der Waals surface area contributed by atoms with E-state index >= 15 is 0 Å². The monoisotopic (exact) mass is 874 g/mol. The molecule has 16 heteroatoms. The molecule has 0 aliphatic heterocycles. The van der Waals surface area contributed by atoms with Crippen LogP contribution >= 0.6 is 0 Å². The summed E-state index contributed by atoms with van der Waals surface area (Å²) in [5.74, 6) is -2.26. The first-order valence-electron chi connectivity index (χ1n) is 16.3. The Kier molecular flexibility index (Phi) is 106. The van der Waals surface area contributed by atoms with Gasteiger partial charge in [0.2, 0.25) is 0 Å². The van der Waals surface area contributed by atoms with E-state index in [0.29, 0.717) is 0 Å². The quantitative estimate of drug-likeness (QED) is 0.297. The molecule has 0 saturated heterocycles. The van der Waals surface area contributed by atoms with Crippen LogP contribution in [0.15, 0.2) is 60.7 Å². The van der Waals surface area contributed by atoms with Crippen molar-refractivity contribution in [2.45, 2.75) is 160 Å². The topological polar surface area (TPSA) is 293 Å². The Labute approximate surface area is 372 Å². The summed E-state index contributed by atoms with van der Waals surface area (Å²) in [5, 5.41) is 96.4. The molecule has 0 unspecified atom stereocenters. The van der Waals surface area contributed by atoms with Crippen LogP contribution in [0.25, 0.3) is 0 Å². The molecule has 0 aliphatic carbocycles. The molecule has 0 bridgehead atoms. The Morgan fingerprint density at radius 2 is 0.426 bits per heavy atom. The van der Waals surface area contributed by atoms with Gasteiger partial charge in [0.1, 0.15) is 0 Å². The molecule has 0 amide bonds. The van der Waals surface area contributed by atoms with Gasteiger partial charge in [0, 0.05) is 0 Å². The molecule has 0 saturated carbocycles. The number of carboxylic acids is 2. The number of carboxylic acid groups (broad SMARTS) is 2. The van der Waals surface area contributed by atoms with Gasteiger partial charge >= 0.3 is 65.2 Å². The van der Waals surface area contributed by atoms with Crippen molar-refractivity contribution >= 4 is 11.9 Å². The van der Waals surface area contributed by atoms with Gasteiger partial charge in [0.25, 0.3) is 0 Å². The fraction of sp³-hybridized carbons (Fsp3) is 0.632. The van der Waals surface area contributed by atoms with E-state index in [1.807, 2.05) is 0 Å². The number of carbonyl (C=O) groups excluding carboxylic acids is 2. The van der Waals surface area contributed by atoms with E-state index in [2.05, 4.69) is 0 Å². The summed E-state index contributed by atoms with van der Waals surface area (Å²) in [4.78, 5) is 20.2. The number of hydrogen-bond acceptors (Lipinski definition) is 12. The van der Waals surface area contributed by atoms with Gasteiger partial charge in [-0.05, 0) is 11.1 Å². The predicted molar refractivity (Wildman–Crippen MR) is 183 cm³/mol. The average Bonchev–Trinajstić information content (AvgIpc) is 2.87. The van der Waals surface area contributed by atoms with E-state index in [4.69, 9.17) is 0 Å². The van der Waals surface area contributed by atoms with Crippen molar-refractivity contribution in [2.75, 3.05) is 0 Å². The van der Waals surface area contributed by atoms with E-state index in [1.165, 1.54) is 24.3 Å². The molecular weight excluding hydrogens is 808 g/mol. The molecule has 0 aliphatic rings. The summed E-state index contributed by atoms with van der Waals surface area (Å²) < 4.78 is 0. The van der Waals surface area contributed by atoms with Gasteiger partial charge in [-0.15, -0.1) is 48.8 Å². The molecule has 0 atom stereocenters.